The Hall–Kier alpha value is 0.270. The molecule has 1 N–H and O–H groups in total. The highest BCUT2D eigenvalue weighted by Crippen LogP contribution is 2.24. The minimum atomic E-state index is 0. The molecule has 2 aliphatic heterocycles. The van der Waals surface area contributed by atoms with Gasteiger partial charge in [0.15, 0.2) is 5.96 Å². The van der Waals surface area contributed by atoms with Gasteiger partial charge in [0, 0.05) is 57.3 Å². The van der Waals surface area contributed by atoms with E-state index in [2.05, 4.69) is 52.6 Å². The first kappa shape index (κ1) is 22.3. The molecule has 2 unspecified atom stereocenters. The van der Waals surface area contributed by atoms with Gasteiger partial charge in [-0.05, 0) is 11.8 Å². The van der Waals surface area contributed by atoms with E-state index in [0.29, 0.717) is 11.2 Å². The number of hydrogen-bond acceptors (Lipinski definition) is 4. The molecule has 0 aromatic carbocycles. The summed E-state index contributed by atoms with van der Waals surface area (Å²) >= 11 is 2.11. The Balaban J connectivity index is 0.00000288. The molecule has 2 atom stereocenters. The number of nitrogens with zero attached hydrogens (tertiary/aromatic N) is 3. The van der Waals surface area contributed by atoms with Gasteiger partial charge in [-0.2, -0.15) is 11.8 Å². The maximum absolute atomic E-state index is 5.42. The normalized spacial score (nSPS) is 24.6. The van der Waals surface area contributed by atoms with Crippen molar-refractivity contribution in [2.45, 2.75) is 26.0 Å². The van der Waals surface area contributed by atoms with Crippen LogP contribution in [0.15, 0.2) is 4.99 Å². The van der Waals surface area contributed by atoms with E-state index in [-0.39, 0.29) is 24.0 Å². The number of halogens is 1. The highest BCUT2D eigenvalue weighted by molar-refractivity contribution is 14.0. The molecule has 0 bridgehead atoms. The molecule has 142 valence electrons. The van der Waals surface area contributed by atoms with Crippen molar-refractivity contribution >= 4 is 41.7 Å². The number of rotatable bonds is 5. The molecule has 2 heterocycles. The second-order valence-corrected chi connectivity index (χ2v) is 8.39. The summed E-state index contributed by atoms with van der Waals surface area (Å²) in [6, 6.07) is 0. The Morgan fingerprint density at radius 2 is 1.96 bits per heavy atom. The van der Waals surface area contributed by atoms with Gasteiger partial charge in [0.05, 0.1) is 13.2 Å². The summed E-state index contributed by atoms with van der Waals surface area (Å²) in [6.45, 7) is 15.2. The lowest BCUT2D eigenvalue weighted by atomic mass is 10.1. The third-order valence-corrected chi connectivity index (χ3v) is 6.17. The minimum absolute atomic E-state index is 0. The molecule has 24 heavy (non-hydrogen) atoms. The molecule has 2 fully saturated rings. The fourth-order valence-electron chi connectivity index (χ4n) is 3.16. The molecule has 7 heteroatoms. The van der Waals surface area contributed by atoms with E-state index >= 15 is 0 Å². The van der Waals surface area contributed by atoms with Crippen molar-refractivity contribution < 1.29 is 4.74 Å². The van der Waals surface area contributed by atoms with Crippen LogP contribution < -0.4 is 5.32 Å². The van der Waals surface area contributed by atoms with E-state index in [4.69, 9.17) is 4.74 Å². The van der Waals surface area contributed by atoms with Crippen LogP contribution in [-0.4, -0.2) is 86.3 Å². The van der Waals surface area contributed by atoms with Crippen molar-refractivity contribution in [1.82, 2.24) is 15.1 Å². The second-order valence-electron chi connectivity index (χ2n) is 7.05. The van der Waals surface area contributed by atoms with Gasteiger partial charge in [-0.1, -0.05) is 20.8 Å². The molecule has 2 saturated heterocycles. The first-order valence-electron chi connectivity index (χ1n) is 8.97. The molecule has 0 aromatic rings. The quantitative estimate of drug-likeness (QED) is 0.379. The van der Waals surface area contributed by atoms with Crippen molar-refractivity contribution in [3.63, 3.8) is 0 Å². The highest BCUT2D eigenvalue weighted by Gasteiger charge is 2.25. The second kappa shape index (κ2) is 11.8. The zero-order chi connectivity index (χ0) is 16.7. The maximum Gasteiger partial charge on any atom is 0.193 e. The molecule has 0 radical (unpaired) electrons. The van der Waals surface area contributed by atoms with Crippen LogP contribution >= 0.6 is 35.7 Å². The minimum Gasteiger partial charge on any atom is -0.379 e. The molecule has 2 rings (SSSR count). The Bertz CT molecular complexity index is 378. The lowest BCUT2D eigenvalue weighted by Gasteiger charge is -2.37. The lowest BCUT2D eigenvalue weighted by molar-refractivity contribution is 0.0320. The van der Waals surface area contributed by atoms with E-state index < -0.39 is 0 Å². The number of hydrogen-bond donors (Lipinski definition) is 1. The summed E-state index contributed by atoms with van der Waals surface area (Å²) < 4.78 is 5.42. The van der Waals surface area contributed by atoms with Gasteiger partial charge in [0.1, 0.15) is 0 Å². The number of morpholine rings is 1. The Morgan fingerprint density at radius 1 is 1.25 bits per heavy atom. The summed E-state index contributed by atoms with van der Waals surface area (Å²) in [5.74, 6) is 3.61. The predicted molar refractivity (Wildman–Crippen MR) is 116 cm³/mol. The van der Waals surface area contributed by atoms with Crippen LogP contribution in [0.25, 0.3) is 0 Å². The average molecular weight is 470 g/mol. The van der Waals surface area contributed by atoms with Crippen LogP contribution in [0, 0.1) is 11.8 Å². The first-order valence-corrected chi connectivity index (χ1v) is 10.0. The largest absolute Gasteiger partial charge is 0.379 e. The summed E-state index contributed by atoms with van der Waals surface area (Å²) in [4.78, 5) is 9.45. The SMILES string of the molecule is CN=C(NCC(C)CN1CCOCC1)N1CCSC(C(C)C)C1.I. The summed E-state index contributed by atoms with van der Waals surface area (Å²) in [6.07, 6.45) is 0. The van der Waals surface area contributed by atoms with Crippen molar-refractivity contribution in [1.29, 1.82) is 0 Å². The standard InChI is InChI=1S/C17H34N4OS.HI/c1-14(2)16-13-21(7-10-23-16)17(18-4)19-11-15(3)12-20-5-8-22-9-6-20;/h14-16H,5-13H2,1-4H3,(H,18,19);1H. The van der Waals surface area contributed by atoms with Gasteiger partial charge in [-0.25, -0.2) is 0 Å². The fourth-order valence-corrected chi connectivity index (χ4v) is 4.46. The van der Waals surface area contributed by atoms with Gasteiger partial charge in [0.2, 0.25) is 0 Å². The van der Waals surface area contributed by atoms with Crippen molar-refractivity contribution in [2.75, 3.05) is 65.3 Å². The number of aliphatic imine (C=N–C) groups is 1. The Morgan fingerprint density at radius 3 is 2.58 bits per heavy atom. The molecule has 0 saturated carbocycles. The fraction of sp³-hybridized carbons (Fsp3) is 0.941. The van der Waals surface area contributed by atoms with E-state index in [1.54, 1.807) is 0 Å². The van der Waals surface area contributed by atoms with Gasteiger partial charge < -0.3 is 15.0 Å². The van der Waals surface area contributed by atoms with E-state index in [1.807, 2.05) is 7.05 Å². The van der Waals surface area contributed by atoms with Crippen LogP contribution in [0.5, 0.6) is 0 Å². The molecule has 0 amide bonds. The van der Waals surface area contributed by atoms with Gasteiger partial charge in [0.25, 0.3) is 0 Å². The van der Waals surface area contributed by atoms with Gasteiger partial charge in [-0.15, -0.1) is 24.0 Å². The van der Waals surface area contributed by atoms with Crippen molar-refractivity contribution in [3.05, 3.63) is 0 Å². The highest BCUT2D eigenvalue weighted by atomic mass is 127. The average Bonchev–Trinajstić information content (AvgIpc) is 2.56. The predicted octanol–water partition coefficient (Wildman–Crippen LogP) is 2.22. The van der Waals surface area contributed by atoms with E-state index in [0.717, 1.165) is 64.4 Å². The maximum atomic E-state index is 5.42. The summed E-state index contributed by atoms with van der Waals surface area (Å²) in [7, 11) is 1.90. The molecular weight excluding hydrogens is 435 g/mol. The Labute approximate surface area is 169 Å². The molecule has 0 aromatic heterocycles. The zero-order valence-corrected chi connectivity index (χ0v) is 18.8. The van der Waals surface area contributed by atoms with Crippen LogP contribution in [0.3, 0.4) is 0 Å². The van der Waals surface area contributed by atoms with Crippen LogP contribution in [0.2, 0.25) is 0 Å². The Kier molecular flexibility index (Phi) is 11.0. The van der Waals surface area contributed by atoms with Crippen LogP contribution in [-0.2, 0) is 4.74 Å². The third-order valence-electron chi connectivity index (χ3n) is 4.63. The monoisotopic (exact) mass is 470 g/mol. The number of ether oxygens (including phenoxy) is 1. The zero-order valence-electron chi connectivity index (χ0n) is 15.7. The number of nitrogens with one attached hydrogen (secondary N) is 1. The smallest absolute Gasteiger partial charge is 0.193 e. The van der Waals surface area contributed by atoms with Crippen LogP contribution in [0.1, 0.15) is 20.8 Å². The van der Waals surface area contributed by atoms with Crippen LogP contribution in [0.4, 0.5) is 0 Å². The van der Waals surface area contributed by atoms with Crippen molar-refractivity contribution in [2.24, 2.45) is 16.8 Å². The molecule has 5 nitrogen and oxygen atoms in total. The summed E-state index contributed by atoms with van der Waals surface area (Å²) in [5, 5.41) is 4.31. The first-order chi connectivity index (χ1) is 11.1. The molecule has 0 aliphatic carbocycles. The van der Waals surface area contributed by atoms with E-state index in [9.17, 15) is 0 Å². The third kappa shape index (κ3) is 7.25. The lowest BCUT2D eigenvalue weighted by Crippen LogP contribution is -2.50. The topological polar surface area (TPSA) is 40.1 Å². The summed E-state index contributed by atoms with van der Waals surface area (Å²) in [5.41, 5.74) is 0. The van der Waals surface area contributed by atoms with Gasteiger partial charge in [-0.3, -0.25) is 9.89 Å². The van der Waals surface area contributed by atoms with Gasteiger partial charge >= 0.3 is 0 Å². The molecular formula is C17H35IN4OS. The van der Waals surface area contributed by atoms with E-state index in [1.165, 1.54) is 5.75 Å². The number of thioether (sulfide) groups is 1. The molecule has 2 aliphatic rings. The van der Waals surface area contributed by atoms with Crippen molar-refractivity contribution in [3.8, 4) is 0 Å². The molecule has 0 spiro atoms. The number of guanidine groups is 1.